The van der Waals surface area contributed by atoms with Crippen molar-refractivity contribution in [1.82, 2.24) is 14.8 Å². The molecule has 0 spiro atoms. The molecule has 0 radical (unpaired) electrons. The van der Waals surface area contributed by atoms with Crippen LogP contribution in [0.5, 0.6) is 0 Å². The van der Waals surface area contributed by atoms with Gasteiger partial charge in [-0.05, 0) is 31.2 Å². The molecule has 0 fully saturated rings. The molecule has 1 unspecified atom stereocenters. The van der Waals surface area contributed by atoms with E-state index in [1.165, 1.54) is 23.3 Å². The smallest absolute Gasteiger partial charge is 0.223 e. The van der Waals surface area contributed by atoms with Crippen LogP contribution in [0.4, 0.5) is 11.6 Å². The van der Waals surface area contributed by atoms with Gasteiger partial charge in [-0.25, -0.2) is 0 Å². The standard InChI is InChI=1S/C15H16N6O2S/c1-9(21-14(17)19-20-15(21)24-8-7-16)13(23)11-3-5-12(6-4-11)18-10(2)22/h3-6,9H,8H2,1-2H3,(H2,17,19)(H,18,22). The first-order chi connectivity index (χ1) is 11.4. The van der Waals surface area contributed by atoms with Gasteiger partial charge >= 0.3 is 0 Å². The van der Waals surface area contributed by atoms with E-state index in [4.69, 9.17) is 11.0 Å². The van der Waals surface area contributed by atoms with Crippen molar-refractivity contribution in [2.45, 2.75) is 25.0 Å². The predicted octanol–water partition coefficient (Wildman–Crippen LogP) is 1.88. The Morgan fingerprint density at radius 2 is 2.04 bits per heavy atom. The fraction of sp³-hybridized carbons (Fsp3) is 0.267. The van der Waals surface area contributed by atoms with Crippen LogP contribution < -0.4 is 11.1 Å². The number of amides is 1. The first-order valence-electron chi connectivity index (χ1n) is 7.06. The third-order valence-corrected chi connectivity index (χ3v) is 4.02. The fourth-order valence-electron chi connectivity index (χ4n) is 2.13. The van der Waals surface area contributed by atoms with Gasteiger partial charge in [0.2, 0.25) is 11.9 Å². The van der Waals surface area contributed by atoms with Crippen LogP contribution in [0.15, 0.2) is 29.4 Å². The molecule has 1 aromatic heterocycles. The van der Waals surface area contributed by atoms with Gasteiger partial charge in [-0.3, -0.25) is 14.2 Å². The molecule has 1 aromatic carbocycles. The summed E-state index contributed by atoms with van der Waals surface area (Å²) in [4.78, 5) is 23.7. The number of aromatic nitrogens is 3. The molecule has 1 atom stereocenters. The van der Waals surface area contributed by atoms with Crippen LogP contribution in [-0.4, -0.2) is 32.2 Å². The quantitative estimate of drug-likeness (QED) is 0.605. The maximum atomic E-state index is 12.7. The molecular weight excluding hydrogens is 328 g/mol. The summed E-state index contributed by atoms with van der Waals surface area (Å²) in [7, 11) is 0. The topological polar surface area (TPSA) is 127 Å². The summed E-state index contributed by atoms with van der Waals surface area (Å²) in [6.07, 6.45) is 0. The number of carbonyl (C=O) groups is 2. The SMILES string of the molecule is CC(=O)Nc1ccc(C(=O)C(C)n2c(N)nnc2SCC#N)cc1. The highest BCUT2D eigenvalue weighted by Crippen LogP contribution is 2.25. The molecule has 8 nitrogen and oxygen atoms in total. The average Bonchev–Trinajstić information content (AvgIpc) is 2.92. The van der Waals surface area contributed by atoms with Crippen molar-refractivity contribution < 1.29 is 9.59 Å². The van der Waals surface area contributed by atoms with Gasteiger partial charge in [0.25, 0.3) is 0 Å². The van der Waals surface area contributed by atoms with Crippen LogP contribution >= 0.6 is 11.8 Å². The van der Waals surface area contributed by atoms with Crippen molar-refractivity contribution in [1.29, 1.82) is 5.26 Å². The van der Waals surface area contributed by atoms with Gasteiger partial charge in [-0.1, -0.05) is 11.8 Å². The minimum absolute atomic E-state index is 0.117. The van der Waals surface area contributed by atoms with Crippen molar-refractivity contribution in [3.05, 3.63) is 29.8 Å². The lowest BCUT2D eigenvalue weighted by molar-refractivity contribution is -0.114. The summed E-state index contributed by atoms with van der Waals surface area (Å²) in [6.45, 7) is 3.11. The Hall–Kier alpha value is -2.86. The Balaban J connectivity index is 2.22. The highest BCUT2D eigenvalue weighted by molar-refractivity contribution is 7.99. The van der Waals surface area contributed by atoms with Crippen LogP contribution in [0.3, 0.4) is 0 Å². The molecule has 2 rings (SSSR count). The number of carbonyl (C=O) groups excluding carboxylic acids is 2. The second-order valence-corrected chi connectivity index (χ2v) is 5.90. The van der Waals surface area contributed by atoms with E-state index in [2.05, 4.69) is 15.5 Å². The summed E-state index contributed by atoms with van der Waals surface area (Å²) >= 11 is 1.17. The number of rotatable bonds is 6. The Morgan fingerprint density at radius 1 is 1.38 bits per heavy atom. The normalized spacial score (nSPS) is 11.5. The number of nitrogens with zero attached hydrogens (tertiary/aromatic N) is 4. The largest absolute Gasteiger partial charge is 0.368 e. The van der Waals surface area contributed by atoms with Crippen molar-refractivity contribution in [2.75, 3.05) is 16.8 Å². The maximum Gasteiger partial charge on any atom is 0.223 e. The summed E-state index contributed by atoms with van der Waals surface area (Å²) in [5.41, 5.74) is 6.89. The van der Waals surface area contributed by atoms with Crippen LogP contribution in [0, 0.1) is 11.3 Å². The number of hydrogen-bond acceptors (Lipinski definition) is 7. The molecule has 0 aliphatic carbocycles. The third kappa shape index (κ3) is 3.91. The molecule has 3 N–H and O–H groups in total. The lowest BCUT2D eigenvalue weighted by atomic mass is 10.0. The number of hydrogen-bond donors (Lipinski definition) is 2. The molecule has 0 aliphatic heterocycles. The first kappa shape index (κ1) is 17.5. The third-order valence-electron chi connectivity index (χ3n) is 3.21. The summed E-state index contributed by atoms with van der Waals surface area (Å²) in [6, 6.07) is 7.95. The Kier molecular flexibility index (Phi) is 5.55. The molecule has 0 bridgehead atoms. The zero-order valence-corrected chi connectivity index (χ0v) is 14.0. The van der Waals surface area contributed by atoms with E-state index in [0.717, 1.165) is 0 Å². The molecule has 0 saturated carbocycles. The second kappa shape index (κ2) is 7.61. The fourth-order valence-corrected chi connectivity index (χ4v) is 2.81. The van der Waals surface area contributed by atoms with Gasteiger partial charge in [-0.2, -0.15) is 5.26 Å². The van der Waals surface area contributed by atoms with Gasteiger partial charge in [0.1, 0.15) is 0 Å². The van der Waals surface area contributed by atoms with Gasteiger partial charge in [0.15, 0.2) is 10.9 Å². The molecule has 2 aromatic rings. The van der Waals surface area contributed by atoms with Gasteiger partial charge < -0.3 is 11.1 Å². The van der Waals surface area contributed by atoms with Crippen molar-refractivity contribution in [3.63, 3.8) is 0 Å². The lowest BCUT2D eigenvalue weighted by Crippen LogP contribution is -2.19. The number of nitrogen functional groups attached to an aromatic ring is 1. The Morgan fingerprint density at radius 3 is 2.62 bits per heavy atom. The van der Waals surface area contributed by atoms with Crippen molar-refractivity contribution >= 4 is 35.1 Å². The molecule has 24 heavy (non-hydrogen) atoms. The second-order valence-electron chi connectivity index (χ2n) is 4.96. The van der Waals surface area contributed by atoms with E-state index in [1.54, 1.807) is 31.2 Å². The molecule has 1 amide bonds. The zero-order chi connectivity index (χ0) is 17.7. The molecule has 0 saturated heterocycles. The Bertz CT molecular complexity index is 793. The number of anilines is 2. The van der Waals surface area contributed by atoms with Crippen LogP contribution in [0.1, 0.15) is 30.2 Å². The van der Waals surface area contributed by atoms with E-state index in [1.807, 2.05) is 6.07 Å². The Labute approximate surface area is 143 Å². The predicted molar refractivity (Wildman–Crippen MR) is 90.6 cm³/mol. The van der Waals surface area contributed by atoms with Gasteiger partial charge in [0, 0.05) is 18.2 Å². The van der Waals surface area contributed by atoms with Gasteiger partial charge in [0.05, 0.1) is 17.9 Å². The summed E-state index contributed by atoms with van der Waals surface area (Å²) in [5.74, 6) is -0.0514. The van der Waals surface area contributed by atoms with E-state index in [9.17, 15) is 9.59 Å². The molecule has 9 heteroatoms. The number of ketones is 1. The van der Waals surface area contributed by atoms with Crippen molar-refractivity contribution in [2.24, 2.45) is 0 Å². The number of nitrogens with two attached hydrogens (primary N) is 1. The number of thioether (sulfide) groups is 1. The van der Waals surface area contributed by atoms with E-state index >= 15 is 0 Å². The minimum atomic E-state index is -0.618. The lowest BCUT2D eigenvalue weighted by Gasteiger charge is -2.15. The highest BCUT2D eigenvalue weighted by Gasteiger charge is 2.23. The van der Waals surface area contributed by atoms with Crippen LogP contribution in [-0.2, 0) is 4.79 Å². The average molecular weight is 344 g/mol. The summed E-state index contributed by atoms with van der Waals surface area (Å²) in [5, 5.41) is 19.4. The monoisotopic (exact) mass is 344 g/mol. The van der Waals surface area contributed by atoms with E-state index in [0.29, 0.717) is 16.4 Å². The molecular formula is C15H16N6O2S. The number of Topliss-reactive ketones (excluding diaryl/α,β-unsaturated/α-hetero) is 1. The summed E-state index contributed by atoms with van der Waals surface area (Å²) < 4.78 is 1.51. The number of benzene rings is 1. The maximum absolute atomic E-state index is 12.7. The van der Waals surface area contributed by atoms with Crippen LogP contribution in [0.25, 0.3) is 0 Å². The zero-order valence-electron chi connectivity index (χ0n) is 13.2. The molecule has 124 valence electrons. The molecule has 0 aliphatic rings. The first-order valence-corrected chi connectivity index (χ1v) is 8.04. The highest BCUT2D eigenvalue weighted by atomic mass is 32.2. The number of nitrogens with one attached hydrogen (secondary N) is 1. The molecule has 1 heterocycles. The van der Waals surface area contributed by atoms with E-state index in [-0.39, 0.29) is 23.4 Å². The van der Waals surface area contributed by atoms with Crippen molar-refractivity contribution in [3.8, 4) is 6.07 Å². The van der Waals surface area contributed by atoms with Crippen LogP contribution in [0.2, 0.25) is 0 Å². The van der Waals surface area contributed by atoms with Gasteiger partial charge in [-0.15, -0.1) is 10.2 Å². The number of nitriles is 1. The minimum Gasteiger partial charge on any atom is -0.368 e. The van der Waals surface area contributed by atoms with E-state index < -0.39 is 6.04 Å².